The van der Waals surface area contributed by atoms with Gasteiger partial charge in [-0.25, -0.2) is 0 Å². The Morgan fingerprint density at radius 3 is 1.82 bits per heavy atom. The van der Waals surface area contributed by atoms with E-state index >= 15 is 0 Å². The maximum atomic E-state index is 12.6. The molecule has 0 amide bonds. The lowest BCUT2D eigenvalue weighted by Gasteiger charge is -2.50. The molecule has 1 unspecified atom stereocenters. The Morgan fingerprint density at radius 2 is 1.18 bits per heavy atom. The van der Waals surface area contributed by atoms with Crippen molar-refractivity contribution in [3.05, 3.63) is 96.1 Å². The second-order valence-corrected chi connectivity index (χ2v) is 12.4. The molecule has 3 fully saturated rings. The topological polar surface area (TPSA) is 23.5 Å². The second-order valence-electron chi connectivity index (χ2n) is 8.14. The first-order valence-electron chi connectivity index (χ1n) is 10.2. The second kappa shape index (κ2) is 7.12. The van der Waals surface area contributed by atoms with Crippen LogP contribution in [0.1, 0.15) is 11.1 Å². The number of hydrogen-bond donors (Lipinski definition) is 1. The minimum Gasteiger partial charge on any atom is -0.350 e. The highest BCUT2D eigenvalue weighted by molar-refractivity contribution is 7.77. The van der Waals surface area contributed by atoms with Crippen LogP contribution in [0.5, 0.6) is 0 Å². The van der Waals surface area contributed by atoms with Gasteiger partial charge >= 0.3 is 0 Å². The number of fused-ring (bicyclic) bond motifs is 3. The number of nitrogens with zero attached hydrogens (tertiary/aromatic N) is 1. The monoisotopic (exact) mass is 388 g/mol. The first kappa shape index (κ1) is 18.1. The molecule has 0 saturated carbocycles. The average Bonchev–Trinajstić information content (AvgIpc) is 2.81. The van der Waals surface area contributed by atoms with E-state index < -0.39 is 12.6 Å². The van der Waals surface area contributed by atoms with Gasteiger partial charge < -0.3 is 5.11 Å². The molecule has 142 valence electrons. The van der Waals surface area contributed by atoms with Crippen molar-refractivity contribution in [2.45, 2.75) is 5.34 Å². The summed E-state index contributed by atoms with van der Waals surface area (Å²) in [6.07, 6.45) is 3.48. The SMILES string of the molecule is OC(c1ccccc1)(c1cccc(-c2ccccc2)c1)[P+]12CCN(CC1)CC2. The zero-order chi connectivity index (χ0) is 19.0. The van der Waals surface area contributed by atoms with E-state index in [0.717, 1.165) is 49.2 Å². The fraction of sp³-hybridized carbons (Fsp3) is 0.280. The van der Waals surface area contributed by atoms with Crippen molar-refractivity contribution in [2.24, 2.45) is 0 Å². The fourth-order valence-corrected chi connectivity index (χ4v) is 10.1. The molecular weight excluding hydrogens is 361 g/mol. The Kier molecular flexibility index (Phi) is 4.59. The first-order chi connectivity index (χ1) is 13.7. The van der Waals surface area contributed by atoms with E-state index in [1.165, 1.54) is 11.1 Å². The third-order valence-electron chi connectivity index (χ3n) is 6.77. The normalized spacial score (nSPS) is 26.0. The molecule has 0 aromatic heterocycles. The van der Waals surface area contributed by atoms with Gasteiger partial charge in [0.1, 0.15) is 0 Å². The highest BCUT2D eigenvalue weighted by atomic mass is 31.2. The van der Waals surface area contributed by atoms with E-state index in [-0.39, 0.29) is 0 Å². The van der Waals surface area contributed by atoms with Crippen molar-refractivity contribution < 1.29 is 5.11 Å². The average molecular weight is 388 g/mol. The Bertz CT molecular complexity index is 937. The van der Waals surface area contributed by atoms with Crippen molar-refractivity contribution in [3.63, 3.8) is 0 Å². The van der Waals surface area contributed by atoms with Crippen LogP contribution >= 0.6 is 7.26 Å². The van der Waals surface area contributed by atoms with Gasteiger partial charge in [-0.3, -0.25) is 4.90 Å². The van der Waals surface area contributed by atoms with Crippen LogP contribution in [0.3, 0.4) is 0 Å². The molecule has 6 rings (SSSR count). The van der Waals surface area contributed by atoms with Gasteiger partial charge in [0.05, 0.1) is 25.7 Å². The Labute approximate surface area is 168 Å². The standard InChI is InChI=1S/C25H27NOP/c27-25(23-11-5-2-6-12-23,28-17-14-26(15-18-28)16-19-28)24-13-7-10-22(20-24)21-8-3-1-4-9-21/h1-13,20,27H,14-19H2/q+1. The largest absolute Gasteiger partial charge is 0.350 e. The Balaban J connectivity index is 1.68. The van der Waals surface area contributed by atoms with Crippen LogP contribution in [0.15, 0.2) is 84.9 Å². The van der Waals surface area contributed by atoms with Crippen LogP contribution in [0, 0.1) is 0 Å². The maximum Gasteiger partial charge on any atom is 0.225 e. The molecule has 3 aliphatic rings. The quantitative estimate of drug-likeness (QED) is 0.643. The smallest absolute Gasteiger partial charge is 0.225 e. The third kappa shape index (κ3) is 2.83. The molecule has 28 heavy (non-hydrogen) atoms. The van der Waals surface area contributed by atoms with Crippen molar-refractivity contribution in [2.75, 3.05) is 38.1 Å². The van der Waals surface area contributed by atoms with Crippen molar-refractivity contribution >= 4 is 7.26 Å². The first-order valence-corrected chi connectivity index (χ1v) is 12.6. The van der Waals surface area contributed by atoms with Gasteiger partial charge in [-0.1, -0.05) is 78.9 Å². The molecule has 0 radical (unpaired) electrons. The van der Waals surface area contributed by atoms with E-state index in [1.54, 1.807) is 0 Å². The van der Waals surface area contributed by atoms with Gasteiger partial charge in [-0.2, -0.15) is 0 Å². The summed E-state index contributed by atoms with van der Waals surface area (Å²) in [7, 11) is -1.57. The van der Waals surface area contributed by atoms with Crippen molar-refractivity contribution in [1.29, 1.82) is 0 Å². The minimum absolute atomic E-state index is 0.856. The number of aliphatic hydroxyl groups is 1. The lowest BCUT2D eigenvalue weighted by molar-refractivity contribution is 0.160. The van der Waals surface area contributed by atoms with Crippen LogP contribution in [-0.2, 0) is 5.34 Å². The molecule has 3 heteroatoms. The zero-order valence-electron chi connectivity index (χ0n) is 16.2. The predicted octanol–water partition coefficient (Wildman–Crippen LogP) is 4.89. The summed E-state index contributed by atoms with van der Waals surface area (Å²) in [4.78, 5) is 2.56. The van der Waals surface area contributed by atoms with Gasteiger partial charge in [0.15, 0.2) is 0 Å². The van der Waals surface area contributed by atoms with Crippen molar-refractivity contribution in [3.8, 4) is 11.1 Å². The van der Waals surface area contributed by atoms with E-state index in [4.69, 9.17) is 0 Å². The zero-order valence-corrected chi connectivity index (χ0v) is 17.1. The van der Waals surface area contributed by atoms with Crippen LogP contribution < -0.4 is 0 Å². The summed E-state index contributed by atoms with van der Waals surface area (Å²) in [5.41, 5.74) is 4.53. The van der Waals surface area contributed by atoms with Gasteiger partial charge in [-0.05, 0) is 17.2 Å². The molecule has 3 aromatic carbocycles. The van der Waals surface area contributed by atoms with Crippen LogP contribution in [0.2, 0.25) is 0 Å². The molecule has 1 atom stereocenters. The van der Waals surface area contributed by atoms with Crippen LogP contribution in [-0.4, -0.2) is 48.1 Å². The summed E-state index contributed by atoms with van der Waals surface area (Å²) in [6.45, 7) is 3.42. The van der Waals surface area contributed by atoms with Gasteiger partial charge in [0, 0.05) is 30.8 Å². The highest BCUT2D eigenvalue weighted by Crippen LogP contribution is 2.76. The molecule has 0 aliphatic carbocycles. The summed E-state index contributed by atoms with van der Waals surface area (Å²) in [5, 5.41) is 11.7. The maximum absolute atomic E-state index is 12.6. The molecule has 3 heterocycles. The molecule has 2 nitrogen and oxygen atoms in total. The third-order valence-corrected chi connectivity index (χ3v) is 11.8. The Hall–Kier alpha value is -1.99. The van der Waals surface area contributed by atoms with Crippen molar-refractivity contribution in [1.82, 2.24) is 4.90 Å². The van der Waals surface area contributed by atoms with Crippen LogP contribution in [0.4, 0.5) is 0 Å². The summed E-state index contributed by atoms with van der Waals surface area (Å²) < 4.78 is 0. The van der Waals surface area contributed by atoms with E-state index in [1.807, 2.05) is 12.1 Å². The van der Waals surface area contributed by atoms with E-state index in [2.05, 4.69) is 77.7 Å². The summed E-state index contributed by atoms with van der Waals surface area (Å²) in [5.74, 6) is 0. The van der Waals surface area contributed by atoms with Crippen LogP contribution in [0.25, 0.3) is 11.1 Å². The van der Waals surface area contributed by atoms with E-state index in [0.29, 0.717) is 0 Å². The molecule has 0 spiro atoms. The minimum atomic E-state index is -1.57. The summed E-state index contributed by atoms with van der Waals surface area (Å²) in [6, 6.07) is 29.6. The van der Waals surface area contributed by atoms with Gasteiger partial charge in [0.25, 0.3) is 0 Å². The molecule has 2 bridgehead atoms. The molecule has 3 saturated heterocycles. The lowest BCUT2D eigenvalue weighted by atomic mass is 9.96. The lowest BCUT2D eigenvalue weighted by Crippen LogP contribution is -2.51. The molecular formula is C25H27NOP+. The summed E-state index contributed by atoms with van der Waals surface area (Å²) >= 11 is 0. The molecule has 3 aromatic rings. The number of benzene rings is 3. The molecule has 1 N–H and O–H groups in total. The highest BCUT2D eigenvalue weighted by Gasteiger charge is 2.62. The predicted molar refractivity (Wildman–Crippen MR) is 119 cm³/mol. The number of hydrogen-bond acceptors (Lipinski definition) is 2. The van der Waals surface area contributed by atoms with Gasteiger partial charge in [0.2, 0.25) is 5.34 Å². The number of rotatable bonds is 4. The molecule has 3 aliphatic heterocycles. The van der Waals surface area contributed by atoms with E-state index in [9.17, 15) is 5.11 Å². The van der Waals surface area contributed by atoms with Gasteiger partial charge in [-0.15, -0.1) is 0 Å². The fourth-order valence-electron chi connectivity index (χ4n) is 5.09. The Morgan fingerprint density at radius 1 is 0.643 bits per heavy atom.